The minimum absolute atomic E-state index is 0.0818. The van der Waals surface area contributed by atoms with Crippen molar-refractivity contribution in [1.29, 1.82) is 0 Å². The molecule has 0 bridgehead atoms. The highest BCUT2D eigenvalue weighted by molar-refractivity contribution is 5.96. The van der Waals surface area contributed by atoms with Crippen molar-refractivity contribution in [3.05, 3.63) is 29.8 Å². The van der Waals surface area contributed by atoms with Crippen molar-refractivity contribution in [3.63, 3.8) is 0 Å². The lowest BCUT2D eigenvalue weighted by Crippen LogP contribution is -2.34. The van der Waals surface area contributed by atoms with Crippen LogP contribution in [-0.4, -0.2) is 17.9 Å². The predicted octanol–water partition coefficient (Wildman–Crippen LogP) is 2.17. The molecule has 1 saturated carbocycles. The lowest BCUT2D eigenvalue weighted by Gasteiger charge is -2.13. The van der Waals surface area contributed by atoms with Gasteiger partial charge in [-0.3, -0.25) is 9.59 Å². The summed E-state index contributed by atoms with van der Waals surface area (Å²) < 4.78 is 0. The molecule has 1 aliphatic carbocycles. The van der Waals surface area contributed by atoms with Gasteiger partial charge in [-0.2, -0.15) is 0 Å². The number of hydrogen-bond donors (Lipinski definition) is 2. The van der Waals surface area contributed by atoms with Gasteiger partial charge in [0.25, 0.3) is 5.91 Å². The summed E-state index contributed by atoms with van der Waals surface area (Å²) in [7, 11) is 0. The van der Waals surface area contributed by atoms with Gasteiger partial charge in [0.15, 0.2) is 0 Å². The van der Waals surface area contributed by atoms with Crippen LogP contribution in [0.25, 0.3) is 0 Å². The Morgan fingerprint density at radius 1 is 1.33 bits per heavy atom. The van der Waals surface area contributed by atoms with Gasteiger partial charge in [0, 0.05) is 24.2 Å². The number of anilines is 1. The molecule has 0 saturated heterocycles. The standard InChI is InChI=1S/C14H18N2O2/c1-9(11-6-7-11)15-14(18)12-4-3-5-13(8-12)16-10(2)17/h3-5,8-9,11H,6-7H2,1-2H3,(H,15,18)(H,16,17). The molecule has 4 heteroatoms. The van der Waals surface area contributed by atoms with Crippen LogP contribution in [0.5, 0.6) is 0 Å². The van der Waals surface area contributed by atoms with E-state index in [0.29, 0.717) is 17.2 Å². The van der Waals surface area contributed by atoms with E-state index in [1.54, 1.807) is 24.3 Å². The number of hydrogen-bond acceptors (Lipinski definition) is 2. The van der Waals surface area contributed by atoms with E-state index < -0.39 is 0 Å². The zero-order valence-electron chi connectivity index (χ0n) is 10.7. The lowest BCUT2D eigenvalue weighted by molar-refractivity contribution is -0.114. The molecule has 4 nitrogen and oxygen atoms in total. The van der Waals surface area contributed by atoms with E-state index in [-0.39, 0.29) is 17.9 Å². The average Bonchev–Trinajstić information content (AvgIpc) is 3.12. The molecule has 2 amide bonds. The van der Waals surface area contributed by atoms with Gasteiger partial charge in [0.2, 0.25) is 5.91 Å². The summed E-state index contributed by atoms with van der Waals surface area (Å²) in [4.78, 5) is 23.0. The second kappa shape index (κ2) is 5.21. The molecule has 0 heterocycles. The molecule has 1 aliphatic rings. The summed E-state index contributed by atoms with van der Waals surface area (Å²) in [5, 5.41) is 5.66. The summed E-state index contributed by atoms with van der Waals surface area (Å²) in [5.74, 6) is 0.410. The highest BCUT2D eigenvalue weighted by Gasteiger charge is 2.29. The van der Waals surface area contributed by atoms with Crippen molar-refractivity contribution in [1.82, 2.24) is 5.32 Å². The van der Waals surface area contributed by atoms with Crippen LogP contribution in [0, 0.1) is 5.92 Å². The average molecular weight is 246 g/mol. The Hall–Kier alpha value is -1.84. The summed E-state index contributed by atoms with van der Waals surface area (Å²) >= 11 is 0. The topological polar surface area (TPSA) is 58.2 Å². The van der Waals surface area contributed by atoms with E-state index in [9.17, 15) is 9.59 Å². The van der Waals surface area contributed by atoms with Gasteiger partial charge in [-0.15, -0.1) is 0 Å². The predicted molar refractivity (Wildman–Crippen MR) is 70.4 cm³/mol. The van der Waals surface area contributed by atoms with Gasteiger partial charge < -0.3 is 10.6 Å². The summed E-state index contributed by atoms with van der Waals surface area (Å²) in [6.07, 6.45) is 2.40. The Morgan fingerprint density at radius 2 is 2.06 bits per heavy atom. The molecule has 2 rings (SSSR count). The molecule has 1 atom stereocenters. The zero-order valence-corrected chi connectivity index (χ0v) is 10.7. The van der Waals surface area contributed by atoms with Crippen molar-refractivity contribution in [2.45, 2.75) is 32.7 Å². The van der Waals surface area contributed by atoms with Crippen LogP contribution in [0.4, 0.5) is 5.69 Å². The Balaban J connectivity index is 2.02. The van der Waals surface area contributed by atoms with Crippen LogP contribution < -0.4 is 10.6 Å². The number of nitrogens with one attached hydrogen (secondary N) is 2. The van der Waals surface area contributed by atoms with E-state index in [1.807, 2.05) is 6.92 Å². The van der Waals surface area contributed by atoms with E-state index in [4.69, 9.17) is 0 Å². The molecular formula is C14H18N2O2. The maximum absolute atomic E-state index is 12.0. The maximum Gasteiger partial charge on any atom is 0.251 e. The summed E-state index contributed by atoms with van der Waals surface area (Å²) in [6, 6.07) is 7.20. The number of carbonyl (C=O) groups is 2. The molecule has 1 fully saturated rings. The molecule has 1 aromatic rings. The van der Waals surface area contributed by atoms with E-state index in [0.717, 1.165) is 0 Å². The smallest absolute Gasteiger partial charge is 0.251 e. The minimum atomic E-state index is -0.140. The van der Waals surface area contributed by atoms with E-state index in [1.165, 1.54) is 19.8 Å². The SMILES string of the molecule is CC(=O)Nc1cccc(C(=O)NC(C)C2CC2)c1. The molecule has 0 radical (unpaired) electrons. The van der Waals surface area contributed by atoms with Crippen molar-refractivity contribution in [2.24, 2.45) is 5.92 Å². The monoisotopic (exact) mass is 246 g/mol. The third-order valence-electron chi connectivity index (χ3n) is 3.13. The largest absolute Gasteiger partial charge is 0.349 e. The molecule has 1 aromatic carbocycles. The van der Waals surface area contributed by atoms with Crippen LogP contribution in [0.2, 0.25) is 0 Å². The van der Waals surface area contributed by atoms with Crippen LogP contribution in [0.1, 0.15) is 37.0 Å². The molecule has 18 heavy (non-hydrogen) atoms. The Bertz CT molecular complexity index is 467. The zero-order chi connectivity index (χ0) is 13.1. The Morgan fingerprint density at radius 3 is 2.67 bits per heavy atom. The lowest BCUT2D eigenvalue weighted by atomic mass is 10.1. The molecular weight excluding hydrogens is 228 g/mol. The normalized spacial score (nSPS) is 15.9. The number of amides is 2. The Labute approximate surface area is 107 Å². The molecule has 1 unspecified atom stereocenters. The highest BCUT2D eigenvalue weighted by atomic mass is 16.2. The van der Waals surface area contributed by atoms with Crippen LogP contribution in [0.15, 0.2) is 24.3 Å². The van der Waals surface area contributed by atoms with Gasteiger partial charge in [0.05, 0.1) is 0 Å². The molecule has 0 aromatic heterocycles. The molecule has 0 aliphatic heterocycles. The molecule has 0 spiro atoms. The van der Waals surface area contributed by atoms with Gasteiger partial charge >= 0.3 is 0 Å². The van der Waals surface area contributed by atoms with Crippen molar-refractivity contribution < 1.29 is 9.59 Å². The van der Waals surface area contributed by atoms with Crippen molar-refractivity contribution in [3.8, 4) is 0 Å². The first-order valence-corrected chi connectivity index (χ1v) is 6.25. The van der Waals surface area contributed by atoms with Crippen molar-refractivity contribution >= 4 is 17.5 Å². The second-order valence-corrected chi connectivity index (χ2v) is 4.86. The third kappa shape index (κ3) is 3.32. The number of rotatable bonds is 4. The van der Waals surface area contributed by atoms with Gasteiger partial charge in [-0.25, -0.2) is 0 Å². The molecule has 96 valence electrons. The quantitative estimate of drug-likeness (QED) is 0.855. The Kier molecular flexibility index (Phi) is 3.65. The van der Waals surface area contributed by atoms with Gasteiger partial charge in [-0.05, 0) is 43.9 Å². The fourth-order valence-corrected chi connectivity index (χ4v) is 1.95. The van der Waals surface area contributed by atoms with Crippen molar-refractivity contribution in [2.75, 3.05) is 5.32 Å². The summed E-state index contributed by atoms with van der Waals surface area (Å²) in [6.45, 7) is 3.48. The number of benzene rings is 1. The van der Waals surface area contributed by atoms with Crippen LogP contribution >= 0.6 is 0 Å². The fourth-order valence-electron chi connectivity index (χ4n) is 1.95. The van der Waals surface area contributed by atoms with Gasteiger partial charge in [0.1, 0.15) is 0 Å². The second-order valence-electron chi connectivity index (χ2n) is 4.86. The fraction of sp³-hybridized carbons (Fsp3) is 0.429. The van der Waals surface area contributed by atoms with Crippen LogP contribution in [0.3, 0.4) is 0 Å². The number of carbonyl (C=O) groups excluding carboxylic acids is 2. The van der Waals surface area contributed by atoms with E-state index >= 15 is 0 Å². The summed E-state index contributed by atoms with van der Waals surface area (Å²) in [5.41, 5.74) is 1.22. The maximum atomic E-state index is 12.0. The van der Waals surface area contributed by atoms with Crippen LogP contribution in [-0.2, 0) is 4.79 Å². The highest BCUT2D eigenvalue weighted by Crippen LogP contribution is 2.32. The first-order chi connectivity index (χ1) is 8.56. The molecule has 2 N–H and O–H groups in total. The first-order valence-electron chi connectivity index (χ1n) is 6.25. The minimum Gasteiger partial charge on any atom is -0.349 e. The van der Waals surface area contributed by atoms with Gasteiger partial charge in [-0.1, -0.05) is 6.07 Å². The first kappa shape index (κ1) is 12.6. The third-order valence-corrected chi connectivity index (χ3v) is 3.13. The van der Waals surface area contributed by atoms with E-state index in [2.05, 4.69) is 10.6 Å².